The molecule has 0 spiro atoms. The fraction of sp³-hybridized carbons (Fsp3) is 0.571. The molecule has 2 atom stereocenters. The molecule has 2 rings (SSSR count). The minimum absolute atomic E-state index is 0.444. The van der Waals surface area contributed by atoms with Crippen molar-refractivity contribution >= 4 is 11.6 Å². The fourth-order valence-electron chi connectivity index (χ4n) is 2.86. The van der Waals surface area contributed by atoms with E-state index in [4.69, 9.17) is 17.3 Å². The molecule has 0 bridgehead atoms. The lowest BCUT2D eigenvalue weighted by molar-refractivity contribution is 0.196. The van der Waals surface area contributed by atoms with Crippen LogP contribution < -0.4 is 5.73 Å². The predicted octanol–water partition coefficient (Wildman–Crippen LogP) is 3.07. The van der Waals surface area contributed by atoms with Crippen molar-refractivity contribution in [1.29, 1.82) is 0 Å². The lowest BCUT2D eigenvalue weighted by atomic mass is 9.89. The summed E-state index contributed by atoms with van der Waals surface area (Å²) in [6.07, 6.45) is 3.79. The molecule has 0 amide bonds. The molecule has 1 saturated heterocycles. The van der Waals surface area contributed by atoms with Crippen LogP contribution in [-0.2, 0) is 0 Å². The van der Waals surface area contributed by atoms with Crippen molar-refractivity contribution in [2.24, 2.45) is 11.7 Å². The maximum Gasteiger partial charge on any atom is 0.0406 e. The molecule has 1 aliphatic heterocycles. The standard InChI is InChI=1S/C14H21ClN2/c1-17-9-3-2-4-12(10-16)14(17)11-5-7-13(15)8-6-11/h5-8,12,14H,2-4,9-10,16H2,1H3. The first-order valence-corrected chi connectivity index (χ1v) is 6.76. The number of rotatable bonds is 2. The molecule has 1 fully saturated rings. The van der Waals surface area contributed by atoms with Crippen LogP contribution in [0.2, 0.25) is 5.02 Å². The van der Waals surface area contributed by atoms with Gasteiger partial charge in [-0.25, -0.2) is 0 Å². The molecule has 17 heavy (non-hydrogen) atoms. The Morgan fingerprint density at radius 1 is 1.29 bits per heavy atom. The van der Waals surface area contributed by atoms with Crippen molar-refractivity contribution < 1.29 is 0 Å². The second-order valence-corrected chi connectivity index (χ2v) is 5.40. The number of halogens is 1. The zero-order valence-electron chi connectivity index (χ0n) is 10.4. The zero-order valence-corrected chi connectivity index (χ0v) is 11.2. The van der Waals surface area contributed by atoms with Crippen molar-refractivity contribution in [1.82, 2.24) is 4.90 Å². The minimum atomic E-state index is 0.444. The van der Waals surface area contributed by atoms with E-state index in [1.54, 1.807) is 0 Å². The first-order chi connectivity index (χ1) is 8.22. The van der Waals surface area contributed by atoms with E-state index in [2.05, 4.69) is 24.1 Å². The Kier molecular flexibility index (Phi) is 4.43. The van der Waals surface area contributed by atoms with E-state index in [9.17, 15) is 0 Å². The summed E-state index contributed by atoms with van der Waals surface area (Å²) >= 11 is 5.95. The molecule has 1 heterocycles. The highest BCUT2D eigenvalue weighted by Gasteiger charge is 2.27. The smallest absolute Gasteiger partial charge is 0.0406 e. The minimum Gasteiger partial charge on any atom is -0.330 e. The molecule has 2 nitrogen and oxygen atoms in total. The summed E-state index contributed by atoms with van der Waals surface area (Å²) in [6.45, 7) is 1.92. The van der Waals surface area contributed by atoms with Gasteiger partial charge in [0.25, 0.3) is 0 Å². The maximum absolute atomic E-state index is 5.95. The first kappa shape index (κ1) is 12.9. The van der Waals surface area contributed by atoms with E-state index in [0.717, 1.165) is 18.1 Å². The summed E-state index contributed by atoms with van der Waals surface area (Å²) in [5.41, 5.74) is 7.28. The van der Waals surface area contributed by atoms with E-state index in [1.807, 2.05) is 12.1 Å². The van der Waals surface area contributed by atoms with Gasteiger partial charge in [-0.05, 0) is 56.6 Å². The SMILES string of the molecule is CN1CCCCC(CN)C1c1ccc(Cl)cc1. The molecule has 1 aromatic carbocycles. The topological polar surface area (TPSA) is 29.3 Å². The molecule has 0 aliphatic carbocycles. The largest absolute Gasteiger partial charge is 0.330 e. The molecule has 1 aromatic rings. The van der Waals surface area contributed by atoms with Crippen molar-refractivity contribution in [2.45, 2.75) is 25.3 Å². The maximum atomic E-state index is 5.95. The van der Waals surface area contributed by atoms with Crippen LogP contribution in [0.4, 0.5) is 0 Å². The average molecular weight is 253 g/mol. The molecule has 0 radical (unpaired) electrons. The number of nitrogens with zero attached hydrogens (tertiary/aromatic N) is 1. The van der Waals surface area contributed by atoms with Crippen molar-refractivity contribution in [3.8, 4) is 0 Å². The molecule has 1 aliphatic rings. The quantitative estimate of drug-likeness (QED) is 0.877. The number of benzene rings is 1. The molecule has 3 heteroatoms. The molecule has 0 aromatic heterocycles. The monoisotopic (exact) mass is 252 g/mol. The Bertz CT molecular complexity index is 350. The fourth-order valence-corrected chi connectivity index (χ4v) is 2.98. The third-order valence-electron chi connectivity index (χ3n) is 3.77. The van der Waals surface area contributed by atoms with Gasteiger partial charge in [0.05, 0.1) is 0 Å². The van der Waals surface area contributed by atoms with Gasteiger partial charge in [0.1, 0.15) is 0 Å². The lowest BCUT2D eigenvalue weighted by Crippen LogP contribution is -2.32. The third kappa shape index (κ3) is 3.01. The number of nitrogens with two attached hydrogens (primary N) is 1. The van der Waals surface area contributed by atoms with Gasteiger partial charge in [-0.1, -0.05) is 30.2 Å². The number of hydrogen-bond acceptors (Lipinski definition) is 2. The number of hydrogen-bond donors (Lipinski definition) is 1. The van der Waals surface area contributed by atoms with Gasteiger partial charge in [-0.15, -0.1) is 0 Å². The highest BCUT2D eigenvalue weighted by molar-refractivity contribution is 6.30. The number of likely N-dealkylation sites (tertiary alicyclic amines) is 1. The molecule has 2 unspecified atom stereocenters. The van der Waals surface area contributed by atoms with Crippen LogP contribution in [0.25, 0.3) is 0 Å². The van der Waals surface area contributed by atoms with Crippen LogP contribution in [0, 0.1) is 5.92 Å². The van der Waals surface area contributed by atoms with E-state index in [1.165, 1.54) is 24.8 Å². The van der Waals surface area contributed by atoms with Gasteiger partial charge in [-0.3, -0.25) is 4.90 Å². The van der Waals surface area contributed by atoms with Gasteiger partial charge >= 0.3 is 0 Å². The van der Waals surface area contributed by atoms with Crippen LogP contribution in [0.3, 0.4) is 0 Å². The summed E-state index contributed by atoms with van der Waals surface area (Å²) in [5, 5.41) is 0.800. The first-order valence-electron chi connectivity index (χ1n) is 6.38. The van der Waals surface area contributed by atoms with Crippen LogP contribution in [0.1, 0.15) is 30.9 Å². The van der Waals surface area contributed by atoms with Crippen molar-refractivity contribution in [3.05, 3.63) is 34.9 Å². The third-order valence-corrected chi connectivity index (χ3v) is 4.02. The zero-order chi connectivity index (χ0) is 12.3. The van der Waals surface area contributed by atoms with E-state index >= 15 is 0 Å². The van der Waals surface area contributed by atoms with E-state index < -0.39 is 0 Å². The summed E-state index contributed by atoms with van der Waals surface area (Å²) in [4.78, 5) is 2.44. The van der Waals surface area contributed by atoms with Crippen LogP contribution in [0.5, 0.6) is 0 Å². The van der Waals surface area contributed by atoms with Crippen LogP contribution in [0.15, 0.2) is 24.3 Å². The summed E-state index contributed by atoms with van der Waals surface area (Å²) < 4.78 is 0. The predicted molar refractivity (Wildman–Crippen MR) is 73.2 cm³/mol. The van der Waals surface area contributed by atoms with E-state index in [0.29, 0.717) is 12.0 Å². The lowest BCUT2D eigenvalue weighted by Gasteiger charge is -2.32. The second-order valence-electron chi connectivity index (χ2n) is 4.97. The Hall–Kier alpha value is -0.570. The summed E-state index contributed by atoms with van der Waals surface area (Å²) in [5.74, 6) is 0.559. The van der Waals surface area contributed by atoms with Gasteiger partial charge < -0.3 is 5.73 Å². The van der Waals surface area contributed by atoms with Gasteiger partial charge in [0, 0.05) is 11.1 Å². The van der Waals surface area contributed by atoms with Crippen LogP contribution in [-0.4, -0.2) is 25.0 Å². The Morgan fingerprint density at radius 2 is 2.00 bits per heavy atom. The summed E-state index contributed by atoms with van der Waals surface area (Å²) in [6, 6.07) is 8.67. The molecular weight excluding hydrogens is 232 g/mol. The van der Waals surface area contributed by atoms with Crippen LogP contribution >= 0.6 is 11.6 Å². The van der Waals surface area contributed by atoms with E-state index in [-0.39, 0.29) is 0 Å². The van der Waals surface area contributed by atoms with Gasteiger partial charge in [-0.2, -0.15) is 0 Å². The Morgan fingerprint density at radius 3 is 2.65 bits per heavy atom. The Labute approximate surface area is 109 Å². The highest BCUT2D eigenvalue weighted by atomic mass is 35.5. The van der Waals surface area contributed by atoms with Crippen molar-refractivity contribution in [2.75, 3.05) is 20.1 Å². The second kappa shape index (κ2) is 5.85. The summed E-state index contributed by atoms with van der Waals surface area (Å²) in [7, 11) is 2.20. The Balaban J connectivity index is 2.26. The van der Waals surface area contributed by atoms with Gasteiger partial charge in [0.2, 0.25) is 0 Å². The molecule has 0 saturated carbocycles. The van der Waals surface area contributed by atoms with Gasteiger partial charge in [0.15, 0.2) is 0 Å². The van der Waals surface area contributed by atoms with Crippen molar-refractivity contribution in [3.63, 3.8) is 0 Å². The normalized spacial score (nSPS) is 26.8. The molecular formula is C14H21ClN2. The average Bonchev–Trinajstić information content (AvgIpc) is 2.52. The highest BCUT2D eigenvalue weighted by Crippen LogP contribution is 2.33. The molecule has 2 N–H and O–H groups in total. The molecule has 94 valence electrons.